The molecule has 106 valence electrons. The lowest BCUT2D eigenvalue weighted by molar-refractivity contribution is -0.144. The summed E-state index contributed by atoms with van der Waals surface area (Å²) >= 11 is 4.42. The summed E-state index contributed by atoms with van der Waals surface area (Å²) in [6.45, 7) is 1.85. The van der Waals surface area contributed by atoms with Crippen LogP contribution in [0.15, 0.2) is 23.4 Å². The summed E-state index contributed by atoms with van der Waals surface area (Å²) in [6.07, 6.45) is -1.16. The molecule has 3 nitrogen and oxygen atoms in total. The second kappa shape index (κ2) is 4.51. The first-order chi connectivity index (χ1) is 9.36. The normalized spacial score (nSPS) is 15.7. The number of alkyl halides is 3. The summed E-state index contributed by atoms with van der Waals surface area (Å²) < 4.78 is 38.7. The van der Waals surface area contributed by atoms with E-state index in [0.29, 0.717) is 11.6 Å². The monoisotopic (exact) mass is 299 g/mol. The molecule has 0 aliphatic heterocycles. The Morgan fingerprint density at radius 1 is 1.30 bits per heavy atom. The molecule has 0 atom stereocenters. The maximum absolute atomic E-state index is 12.5. The molecule has 0 N–H and O–H groups in total. The van der Waals surface area contributed by atoms with Crippen molar-refractivity contribution in [1.82, 2.24) is 14.8 Å². The van der Waals surface area contributed by atoms with Gasteiger partial charge in [0.25, 0.3) is 5.82 Å². The van der Waals surface area contributed by atoms with Crippen molar-refractivity contribution in [3.05, 3.63) is 35.4 Å². The molecule has 0 spiro atoms. The highest BCUT2D eigenvalue weighted by Gasteiger charge is 2.36. The van der Waals surface area contributed by atoms with Gasteiger partial charge in [-0.25, -0.2) is 9.67 Å². The Morgan fingerprint density at radius 2 is 2.00 bits per heavy atom. The Kier molecular flexibility index (Phi) is 3.04. The summed E-state index contributed by atoms with van der Waals surface area (Å²) in [4.78, 5) is 4.10. The zero-order valence-corrected chi connectivity index (χ0v) is 11.5. The van der Waals surface area contributed by atoms with Gasteiger partial charge in [0.05, 0.1) is 5.69 Å². The minimum atomic E-state index is -4.53. The molecule has 7 heteroatoms. The largest absolute Gasteiger partial charge is 0.453 e. The van der Waals surface area contributed by atoms with Gasteiger partial charge in [0.15, 0.2) is 0 Å². The average molecular weight is 299 g/mol. The van der Waals surface area contributed by atoms with Crippen molar-refractivity contribution in [3.8, 4) is 5.69 Å². The van der Waals surface area contributed by atoms with Crippen molar-refractivity contribution < 1.29 is 13.2 Å². The number of halogens is 3. The maximum Gasteiger partial charge on any atom is 0.453 e. The van der Waals surface area contributed by atoms with Gasteiger partial charge in [-0.05, 0) is 42.9 Å². The third kappa shape index (κ3) is 2.42. The number of benzene rings is 1. The highest BCUT2D eigenvalue weighted by atomic mass is 32.1. The fourth-order valence-electron chi connectivity index (χ4n) is 2.18. The first kappa shape index (κ1) is 13.5. The van der Waals surface area contributed by atoms with E-state index in [9.17, 15) is 13.2 Å². The summed E-state index contributed by atoms with van der Waals surface area (Å²) in [5.41, 5.74) is 2.59. The standard InChI is InChI=1S/C13H12F3N3S/c1-7-4-9(8-2-3-8)11(20)5-10(7)19-6-17-12(18-19)13(14,15)16/h4-6,8,20H,2-3H2,1H3. The Balaban J connectivity index is 2.01. The van der Waals surface area contributed by atoms with Crippen LogP contribution in [0.1, 0.15) is 35.7 Å². The molecule has 1 aromatic heterocycles. The van der Waals surface area contributed by atoms with E-state index >= 15 is 0 Å². The summed E-state index contributed by atoms with van der Waals surface area (Å²) in [5.74, 6) is -0.597. The SMILES string of the molecule is Cc1cc(C2CC2)c(S)cc1-n1cnc(C(F)(F)F)n1. The third-order valence-corrected chi connectivity index (χ3v) is 3.74. The van der Waals surface area contributed by atoms with Crippen LogP contribution in [0.25, 0.3) is 5.69 Å². The molecule has 0 saturated heterocycles. The van der Waals surface area contributed by atoms with Gasteiger partial charge in [-0.3, -0.25) is 0 Å². The molecule has 3 rings (SSSR count). The highest BCUT2D eigenvalue weighted by molar-refractivity contribution is 7.80. The van der Waals surface area contributed by atoms with E-state index < -0.39 is 12.0 Å². The van der Waals surface area contributed by atoms with Gasteiger partial charge in [0, 0.05) is 4.90 Å². The molecule has 1 aliphatic rings. The van der Waals surface area contributed by atoms with Gasteiger partial charge >= 0.3 is 6.18 Å². The zero-order valence-electron chi connectivity index (χ0n) is 10.6. The van der Waals surface area contributed by atoms with E-state index in [-0.39, 0.29) is 0 Å². The van der Waals surface area contributed by atoms with Crippen LogP contribution in [-0.2, 0) is 6.18 Å². The fourth-order valence-corrected chi connectivity index (χ4v) is 2.55. The molecule has 1 saturated carbocycles. The number of aryl methyl sites for hydroxylation is 1. The van der Waals surface area contributed by atoms with Gasteiger partial charge in [-0.15, -0.1) is 17.7 Å². The summed E-state index contributed by atoms with van der Waals surface area (Å²) in [5, 5.41) is 3.49. The predicted molar refractivity (Wildman–Crippen MR) is 70.3 cm³/mol. The molecule has 1 fully saturated rings. The molecule has 2 aromatic rings. The smallest absolute Gasteiger partial charge is 0.220 e. The zero-order chi connectivity index (χ0) is 14.5. The average Bonchev–Trinajstić information content (AvgIpc) is 3.06. The number of aromatic nitrogens is 3. The summed E-state index contributed by atoms with van der Waals surface area (Å²) in [7, 11) is 0. The molecule has 20 heavy (non-hydrogen) atoms. The molecule has 1 aliphatic carbocycles. The summed E-state index contributed by atoms with van der Waals surface area (Å²) in [6, 6.07) is 3.73. The van der Waals surface area contributed by atoms with E-state index in [1.807, 2.05) is 13.0 Å². The van der Waals surface area contributed by atoms with Crippen molar-refractivity contribution in [2.45, 2.75) is 36.8 Å². The second-order valence-electron chi connectivity index (χ2n) is 4.98. The van der Waals surface area contributed by atoms with Crippen molar-refractivity contribution in [1.29, 1.82) is 0 Å². The van der Waals surface area contributed by atoms with Crippen LogP contribution >= 0.6 is 12.6 Å². The van der Waals surface area contributed by atoms with Crippen LogP contribution in [0, 0.1) is 6.92 Å². The third-order valence-electron chi connectivity index (χ3n) is 3.35. The number of hydrogen-bond donors (Lipinski definition) is 1. The van der Waals surface area contributed by atoms with E-state index in [2.05, 4.69) is 22.7 Å². The van der Waals surface area contributed by atoms with Crippen molar-refractivity contribution in [2.75, 3.05) is 0 Å². The Morgan fingerprint density at radius 3 is 2.55 bits per heavy atom. The van der Waals surface area contributed by atoms with E-state index in [1.54, 1.807) is 6.07 Å². The van der Waals surface area contributed by atoms with Crippen LogP contribution < -0.4 is 0 Å². The minimum Gasteiger partial charge on any atom is -0.220 e. The molecule has 0 unspecified atom stereocenters. The molecular formula is C13H12F3N3S. The van der Waals surface area contributed by atoms with Crippen molar-refractivity contribution >= 4 is 12.6 Å². The lowest BCUT2D eigenvalue weighted by Gasteiger charge is -2.10. The van der Waals surface area contributed by atoms with Crippen LogP contribution in [0.5, 0.6) is 0 Å². The first-order valence-electron chi connectivity index (χ1n) is 6.19. The second-order valence-corrected chi connectivity index (χ2v) is 5.46. The van der Waals surface area contributed by atoms with Crippen LogP contribution in [0.3, 0.4) is 0 Å². The number of rotatable bonds is 2. The van der Waals surface area contributed by atoms with Gasteiger partial charge < -0.3 is 0 Å². The van der Waals surface area contributed by atoms with Crippen LogP contribution in [0.2, 0.25) is 0 Å². The number of nitrogens with zero attached hydrogens (tertiary/aromatic N) is 3. The quantitative estimate of drug-likeness (QED) is 0.856. The highest BCUT2D eigenvalue weighted by Crippen LogP contribution is 2.43. The van der Waals surface area contributed by atoms with Gasteiger partial charge in [0.1, 0.15) is 6.33 Å². The lowest BCUT2D eigenvalue weighted by atomic mass is 10.1. The Hall–Kier alpha value is -1.50. The van der Waals surface area contributed by atoms with E-state index in [1.165, 1.54) is 0 Å². The van der Waals surface area contributed by atoms with Crippen molar-refractivity contribution in [3.63, 3.8) is 0 Å². The molecule has 1 aromatic carbocycles. The Labute approximate surface area is 119 Å². The van der Waals surface area contributed by atoms with Crippen LogP contribution in [-0.4, -0.2) is 14.8 Å². The van der Waals surface area contributed by atoms with Crippen LogP contribution in [0.4, 0.5) is 13.2 Å². The molecule has 0 bridgehead atoms. The van der Waals surface area contributed by atoms with E-state index in [0.717, 1.165) is 39.9 Å². The maximum atomic E-state index is 12.5. The number of thiol groups is 1. The van der Waals surface area contributed by atoms with E-state index in [4.69, 9.17) is 0 Å². The molecular weight excluding hydrogens is 287 g/mol. The minimum absolute atomic E-state index is 0.539. The Bertz CT molecular complexity index is 659. The topological polar surface area (TPSA) is 30.7 Å². The fraction of sp³-hybridized carbons (Fsp3) is 0.385. The molecule has 1 heterocycles. The number of hydrogen-bond acceptors (Lipinski definition) is 3. The van der Waals surface area contributed by atoms with Crippen molar-refractivity contribution in [2.24, 2.45) is 0 Å². The van der Waals surface area contributed by atoms with Gasteiger partial charge in [-0.1, -0.05) is 6.07 Å². The predicted octanol–water partition coefficient (Wildman–Crippen LogP) is 3.76. The lowest BCUT2D eigenvalue weighted by Crippen LogP contribution is -2.09. The molecule has 0 amide bonds. The first-order valence-corrected chi connectivity index (χ1v) is 6.63. The van der Waals surface area contributed by atoms with Gasteiger partial charge in [-0.2, -0.15) is 13.2 Å². The van der Waals surface area contributed by atoms with Gasteiger partial charge in [0.2, 0.25) is 0 Å². The molecule has 0 radical (unpaired) electrons.